The molecular weight excluding hydrogens is 523 g/mol. The molecule has 1 aromatic rings. The number of benzene rings is 1. The molecule has 3 rings (SSSR count). The molecule has 8 nitrogen and oxygen atoms in total. The first-order chi connectivity index (χ1) is 15.1. The highest BCUT2D eigenvalue weighted by molar-refractivity contribution is 14.0. The monoisotopic (exact) mass is 560 g/mol. The topological polar surface area (TPSA) is 98.4 Å². The predicted octanol–water partition coefficient (Wildman–Crippen LogP) is 2.68. The lowest BCUT2D eigenvalue weighted by Gasteiger charge is -2.35. The summed E-state index contributed by atoms with van der Waals surface area (Å²) in [4.78, 5) is 18.0. The molecule has 9 heteroatoms. The van der Waals surface area contributed by atoms with Gasteiger partial charge in [0.1, 0.15) is 5.75 Å². The van der Waals surface area contributed by atoms with E-state index >= 15 is 0 Å². The minimum Gasteiger partial charge on any atom is -0.484 e. The number of primary amides is 1. The normalized spacial score (nSPS) is 19.8. The molecule has 0 aromatic heterocycles. The summed E-state index contributed by atoms with van der Waals surface area (Å²) in [6, 6.07) is 7.60. The fourth-order valence-corrected chi connectivity index (χ4v) is 3.90. The quantitative estimate of drug-likeness (QED) is 0.274. The van der Waals surface area contributed by atoms with Crippen LogP contribution in [0, 0.1) is 0 Å². The van der Waals surface area contributed by atoms with E-state index in [1.807, 2.05) is 24.3 Å². The standard InChI is InChI=1S/C23H36N4O4.HI/c1-2-25-23(26-15-18-6-5-8-20(14-18)31-17-22(24)28)27-11-9-19(10-12-27)30-16-21-7-3-4-13-29-21;/h5-6,8,14,19,21H,2-4,7,9-13,15-17H2,1H3,(H2,24,28)(H,25,26);1H. The lowest BCUT2D eigenvalue weighted by Crippen LogP contribution is -2.47. The van der Waals surface area contributed by atoms with Crippen molar-refractivity contribution in [3.8, 4) is 5.75 Å². The van der Waals surface area contributed by atoms with Gasteiger partial charge in [0.2, 0.25) is 0 Å². The molecule has 32 heavy (non-hydrogen) atoms. The van der Waals surface area contributed by atoms with E-state index in [1.165, 1.54) is 12.8 Å². The van der Waals surface area contributed by atoms with Crippen LogP contribution in [0.2, 0.25) is 0 Å². The van der Waals surface area contributed by atoms with Crippen molar-refractivity contribution in [2.24, 2.45) is 10.7 Å². The van der Waals surface area contributed by atoms with Gasteiger partial charge in [-0.1, -0.05) is 12.1 Å². The Labute approximate surface area is 208 Å². The molecule has 1 aromatic carbocycles. The van der Waals surface area contributed by atoms with Crippen molar-refractivity contribution in [3.63, 3.8) is 0 Å². The molecular formula is C23H37IN4O4. The Morgan fingerprint density at radius 1 is 1.28 bits per heavy atom. The Morgan fingerprint density at radius 3 is 2.78 bits per heavy atom. The summed E-state index contributed by atoms with van der Waals surface area (Å²) in [6.45, 7) is 6.73. The first-order valence-corrected chi connectivity index (χ1v) is 11.4. The van der Waals surface area contributed by atoms with E-state index in [9.17, 15) is 4.79 Å². The lowest BCUT2D eigenvalue weighted by molar-refractivity contribution is -0.119. The van der Waals surface area contributed by atoms with Gasteiger partial charge in [0.05, 0.1) is 25.4 Å². The highest BCUT2D eigenvalue weighted by Crippen LogP contribution is 2.19. The zero-order valence-electron chi connectivity index (χ0n) is 19.0. The van der Waals surface area contributed by atoms with Crippen molar-refractivity contribution in [2.75, 3.05) is 39.5 Å². The van der Waals surface area contributed by atoms with Gasteiger partial charge in [0, 0.05) is 26.2 Å². The van der Waals surface area contributed by atoms with Gasteiger partial charge in [0.15, 0.2) is 12.6 Å². The van der Waals surface area contributed by atoms with Crippen molar-refractivity contribution < 1.29 is 19.0 Å². The fraction of sp³-hybridized carbons (Fsp3) is 0.652. The Balaban J connectivity index is 0.00000363. The molecule has 2 aliphatic heterocycles. The van der Waals surface area contributed by atoms with Crippen LogP contribution in [0.4, 0.5) is 0 Å². The number of amides is 1. The summed E-state index contributed by atoms with van der Waals surface area (Å²) in [6.07, 6.45) is 6.09. The molecule has 2 heterocycles. The van der Waals surface area contributed by atoms with Gasteiger partial charge in [-0.3, -0.25) is 4.79 Å². The van der Waals surface area contributed by atoms with Gasteiger partial charge in [-0.15, -0.1) is 24.0 Å². The maximum Gasteiger partial charge on any atom is 0.255 e. The highest BCUT2D eigenvalue weighted by Gasteiger charge is 2.23. The summed E-state index contributed by atoms with van der Waals surface area (Å²) in [5.74, 6) is 1.05. The molecule has 3 N–H and O–H groups in total. The zero-order chi connectivity index (χ0) is 21.9. The minimum absolute atomic E-state index is 0. The van der Waals surface area contributed by atoms with Crippen LogP contribution in [-0.2, 0) is 20.8 Å². The number of hydrogen-bond donors (Lipinski definition) is 2. The smallest absolute Gasteiger partial charge is 0.255 e. The Morgan fingerprint density at radius 2 is 2.09 bits per heavy atom. The second kappa shape index (κ2) is 14.5. The minimum atomic E-state index is -0.489. The van der Waals surface area contributed by atoms with Crippen LogP contribution >= 0.6 is 24.0 Å². The number of hydrogen-bond acceptors (Lipinski definition) is 5. The second-order valence-electron chi connectivity index (χ2n) is 8.08. The number of nitrogens with zero attached hydrogens (tertiary/aromatic N) is 2. The van der Waals surface area contributed by atoms with Crippen LogP contribution in [0.5, 0.6) is 5.75 Å². The predicted molar refractivity (Wildman–Crippen MR) is 136 cm³/mol. The molecule has 1 unspecified atom stereocenters. The molecule has 0 aliphatic carbocycles. The summed E-state index contributed by atoms with van der Waals surface area (Å²) in [5, 5.41) is 3.40. The first kappa shape index (κ1) is 26.7. The van der Waals surface area contributed by atoms with E-state index in [2.05, 4.69) is 17.1 Å². The summed E-state index contributed by atoms with van der Waals surface area (Å²) >= 11 is 0. The number of halogens is 1. The Kier molecular flexibility index (Phi) is 12.1. The van der Waals surface area contributed by atoms with Crippen LogP contribution in [0.25, 0.3) is 0 Å². The van der Waals surface area contributed by atoms with E-state index in [1.54, 1.807) is 0 Å². The molecule has 0 radical (unpaired) electrons. The third kappa shape index (κ3) is 9.11. The zero-order valence-corrected chi connectivity index (χ0v) is 21.3. The number of nitrogens with one attached hydrogen (secondary N) is 1. The Bertz CT molecular complexity index is 720. The van der Waals surface area contributed by atoms with Gasteiger partial charge in [-0.25, -0.2) is 4.99 Å². The maximum absolute atomic E-state index is 10.9. The number of nitrogens with two attached hydrogens (primary N) is 1. The van der Waals surface area contributed by atoms with Gasteiger partial charge >= 0.3 is 0 Å². The average Bonchev–Trinajstić information content (AvgIpc) is 2.80. The van der Waals surface area contributed by atoms with Crippen LogP contribution in [0.1, 0.15) is 44.6 Å². The van der Waals surface area contributed by atoms with Crippen LogP contribution in [-0.4, -0.2) is 68.4 Å². The van der Waals surface area contributed by atoms with Crippen molar-refractivity contribution in [3.05, 3.63) is 29.8 Å². The van der Waals surface area contributed by atoms with E-state index in [0.29, 0.717) is 25.0 Å². The molecule has 0 bridgehead atoms. The number of rotatable bonds is 9. The largest absolute Gasteiger partial charge is 0.484 e. The molecule has 1 amide bonds. The third-order valence-corrected chi connectivity index (χ3v) is 5.56. The van der Waals surface area contributed by atoms with Crippen molar-refractivity contribution in [2.45, 2.75) is 57.8 Å². The first-order valence-electron chi connectivity index (χ1n) is 11.4. The van der Waals surface area contributed by atoms with Gasteiger partial charge < -0.3 is 30.2 Å². The van der Waals surface area contributed by atoms with E-state index in [4.69, 9.17) is 24.9 Å². The van der Waals surface area contributed by atoms with Gasteiger partial charge in [-0.05, 0) is 56.7 Å². The number of guanidine groups is 1. The van der Waals surface area contributed by atoms with Gasteiger partial charge in [-0.2, -0.15) is 0 Å². The number of carbonyl (C=O) groups is 1. The number of aliphatic imine (C=N–C) groups is 1. The third-order valence-electron chi connectivity index (χ3n) is 5.56. The Hall–Kier alpha value is -1.59. The highest BCUT2D eigenvalue weighted by atomic mass is 127. The van der Waals surface area contributed by atoms with Gasteiger partial charge in [0.25, 0.3) is 5.91 Å². The number of carbonyl (C=O) groups excluding carboxylic acids is 1. The molecule has 180 valence electrons. The molecule has 0 saturated carbocycles. The van der Waals surface area contributed by atoms with Crippen LogP contribution in [0.3, 0.4) is 0 Å². The molecule has 1 atom stereocenters. The number of ether oxygens (including phenoxy) is 3. The SMILES string of the molecule is CCNC(=NCc1cccc(OCC(N)=O)c1)N1CCC(OCC2CCCCO2)CC1.I. The molecule has 2 aliphatic rings. The fourth-order valence-electron chi connectivity index (χ4n) is 3.90. The van der Waals surface area contributed by atoms with E-state index in [0.717, 1.165) is 57.0 Å². The lowest BCUT2D eigenvalue weighted by atomic mass is 10.1. The molecule has 0 spiro atoms. The average molecular weight is 560 g/mol. The summed E-state index contributed by atoms with van der Waals surface area (Å²) < 4.78 is 17.3. The maximum atomic E-state index is 10.9. The van der Waals surface area contributed by atoms with Crippen molar-refractivity contribution >= 4 is 35.8 Å². The van der Waals surface area contributed by atoms with Crippen molar-refractivity contribution in [1.82, 2.24) is 10.2 Å². The number of likely N-dealkylation sites (tertiary alicyclic amines) is 1. The van der Waals surface area contributed by atoms with E-state index < -0.39 is 5.91 Å². The van der Waals surface area contributed by atoms with E-state index in [-0.39, 0.29) is 36.7 Å². The summed E-state index contributed by atoms with van der Waals surface area (Å²) in [5.41, 5.74) is 6.16. The van der Waals surface area contributed by atoms with Crippen LogP contribution < -0.4 is 15.8 Å². The second-order valence-corrected chi connectivity index (χ2v) is 8.08. The molecule has 2 saturated heterocycles. The number of piperidine rings is 1. The molecule has 2 fully saturated rings. The summed E-state index contributed by atoms with van der Waals surface area (Å²) in [7, 11) is 0. The van der Waals surface area contributed by atoms with Crippen LogP contribution in [0.15, 0.2) is 29.3 Å². The van der Waals surface area contributed by atoms with Crippen molar-refractivity contribution in [1.29, 1.82) is 0 Å².